The summed E-state index contributed by atoms with van der Waals surface area (Å²) in [5, 5.41) is 0. The third kappa shape index (κ3) is 5.44. The molecule has 1 aromatic carbocycles. The second kappa shape index (κ2) is 10.4. The Balaban J connectivity index is 1.67. The van der Waals surface area contributed by atoms with Crippen molar-refractivity contribution in [1.82, 2.24) is 9.80 Å². The zero-order valence-electron chi connectivity index (χ0n) is 18.1. The fourth-order valence-corrected chi connectivity index (χ4v) is 4.75. The lowest BCUT2D eigenvalue weighted by Crippen LogP contribution is -2.47. The highest BCUT2D eigenvalue weighted by Gasteiger charge is 2.31. The number of likely N-dealkylation sites (tertiary alicyclic amines) is 1. The van der Waals surface area contributed by atoms with Crippen molar-refractivity contribution >= 4 is 29.1 Å². The van der Waals surface area contributed by atoms with E-state index in [0.717, 1.165) is 16.9 Å². The molecule has 0 aliphatic carbocycles. The summed E-state index contributed by atoms with van der Waals surface area (Å²) in [4.78, 5) is 42.3. The van der Waals surface area contributed by atoms with Crippen LogP contribution in [0, 0.1) is 5.92 Å². The summed E-state index contributed by atoms with van der Waals surface area (Å²) >= 11 is 1.34. The number of carbonyl (C=O) groups is 3. The van der Waals surface area contributed by atoms with Gasteiger partial charge in [0, 0.05) is 25.0 Å². The summed E-state index contributed by atoms with van der Waals surface area (Å²) in [6.07, 6.45) is 1.46. The van der Waals surface area contributed by atoms with Gasteiger partial charge in [-0.2, -0.15) is 0 Å². The van der Waals surface area contributed by atoms with Crippen LogP contribution in [0.1, 0.15) is 29.4 Å². The summed E-state index contributed by atoms with van der Waals surface area (Å²) in [7, 11) is 3.14. The molecule has 1 aliphatic heterocycles. The van der Waals surface area contributed by atoms with Crippen molar-refractivity contribution in [1.29, 1.82) is 0 Å². The van der Waals surface area contributed by atoms with Crippen LogP contribution in [0.2, 0.25) is 0 Å². The number of hydrogen-bond acceptors (Lipinski definition) is 6. The highest BCUT2D eigenvalue weighted by atomic mass is 32.1. The molecule has 0 N–H and O–H groups in total. The van der Waals surface area contributed by atoms with Gasteiger partial charge in [-0.05, 0) is 31.4 Å². The molecular weight excluding hydrogens is 416 g/mol. The lowest BCUT2D eigenvalue weighted by molar-refractivity contribution is -0.151. The smallest absolute Gasteiger partial charge is 0.310 e. The summed E-state index contributed by atoms with van der Waals surface area (Å²) in [6.45, 7) is 2.95. The maximum absolute atomic E-state index is 13.1. The van der Waals surface area contributed by atoms with E-state index in [0.29, 0.717) is 36.7 Å². The number of benzene rings is 1. The first-order valence-corrected chi connectivity index (χ1v) is 11.2. The molecule has 0 spiro atoms. The SMILES string of the molecule is CCOC(=O)C1CCCN(C(=O)CN(C)C(=O)c2sc(-c3ccccc3)cc2OC)C1. The molecule has 1 atom stereocenters. The van der Waals surface area contributed by atoms with Crippen molar-refractivity contribution in [3.05, 3.63) is 41.3 Å². The van der Waals surface area contributed by atoms with Gasteiger partial charge >= 0.3 is 5.97 Å². The minimum Gasteiger partial charge on any atom is -0.495 e. The van der Waals surface area contributed by atoms with E-state index >= 15 is 0 Å². The Kier molecular flexibility index (Phi) is 7.68. The monoisotopic (exact) mass is 444 g/mol. The molecule has 31 heavy (non-hydrogen) atoms. The number of likely N-dealkylation sites (N-methyl/N-ethyl adjacent to an activating group) is 1. The third-order valence-electron chi connectivity index (χ3n) is 5.28. The molecule has 1 unspecified atom stereocenters. The summed E-state index contributed by atoms with van der Waals surface area (Å²) in [5.41, 5.74) is 1.00. The van der Waals surface area contributed by atoms with Gasteiger partial charge in [0.05, 0.1) is 26.2 Å². The number of nitrogens with zero attached hydrogens (tertiary/aromatic N) is 2. The number of rotatable bonds is 7. The van der Waals surface area contributed by atoms with E-state index in [1.165, 1.54) is 23.3 Å². The van der Waals surface area contributed by atoms with Crippen LogP contribution in [0.4, 0.5) is 0 Å². The highest BCUT2D eigenvalue weighted by Crippen LogP contribution is 2.36. The summed E-state index contributed by atoms with van der Waals surface area (Å²) in [6, 6.07) is 11.6. The Hall–Kier alpha value is -2.87. The van der Waals surface area contributed by atoms with Crippen molar-refractivity contribution in [2.45, 2.75) is 19.8 Å². The maximum Gasteiger partial charge on any atom is 0.310 e. The fraction of sp³-hybridized carbons (Fsp3) is 0.435. The van der Waals surface area contributed by atoms with E-state index in [1.807, 2.05) is 36.4 Å². The van der Waals surface area contributed by atoms with Crippen molar-refractivity contribution < 1.29 is 23.9 Å². The molecule has 0 bridgehead atoms. The first-order chi connectivity index (χ1) is 14.9. The number of thiophene rings is 1. The van der Waals surface area contributed by atoms with Crippen molar-refractivity contribution in [3.8, 4) is 16.2 Å². The van der Waals surface area contributed by atoms with Gasteiger partial charge in [-0.25, -0.2) is 0 Å². The second-order valence-corrected chi connectivity index (χ2v) is 8.52. The van der Waals surface area contributed by atoms with Gasteiger partial charge in [0.15, 0.2) is 0 Å². The first kappa shape index (κ1) is 22.8. The normalized spacial score (nSPS) is 16.0. The van der Waals surface area contributed by atoms with E-state index in [4.69, 9.17) is 9.47 Å². The Bertz CT molecular complexity index is 927. The maximum atomic E-state index is 13.1. The van der Waals surface area contributed by atoms with Gasteiger partial charge in [-0.15, -0.1) is 11.3 Å². The standard InChI is InChI=1S/C23H28N2O5S/c1-4-30-23(28)17-11-8-12-25(14-17)20(26)15-24(2)22(27)21-18(29-3)13-19(31-21)16-9-6-5-7-10-16/h5-7,9-10,13,17H,4,8,11-12,14-15H2,1-3H3. The third-order valence-corrected chi connectivity index (χ3v) is 6.44. The van der Waals surface area contributed by atoms with Crippen LogP contribution in [0.15, 0.2) is 36.4 Å². The van der Waals surface area contributed by atoms with Crippen LogP contribution in [0.5, 0.6) is 5.75 Å². The topological polar surface area (TPSA) is 76.2 Å². The van der Waals surface area contributed by atoms with E-state index < -0.39 is 0 Å². The average Bonchev–Trinajstić information content (AvgIpc) is 3.24. The number of ether oxygens (including phenoxy) is 2. The second-order valence-electron chi connectivity index (χ2n) is 7.47. The molecule has 8 heteroatoms. The van der Waals surface area contributed by atoms with Crippen LogP contribution in [-0.2, 0) is 14.3 Å². The average molecular weight is 445 g/mol. The Morgan fingerprint density at radius 3 is 2.65 bits per heavy atom. The van der Waals surface area contributed by atoms with E-state index in [9.17, 15) is 14.4 Å². The molecule has 7 nitrogen and oxygen atoms in total. The van der Waals surface area contributed by atoms with Gasteiger partial charge in [0.25, 0.3) is 5.91 Å². The molecule has 2 aromatic rings. The molecule has 2 amide bonds. The number of amides is 2. The molecule has 1 saturated heterocycles. The molecule has 0 radical (unpaired) electrons. The highest BCUT2D eigenvalue weighted by molar-refractivity contribution is 7.17. The lowest BCUT2D eigenvalue weighted by atomic mass is 9.98. The molecule has 1 fully saturated rings. The van der Waals surface area contributed by atoms with E-state index in [2.05, 4.69) is 0 Å². The Morgan fingerprint density at radius 2 is 1.97 bits per heavy atom. The summed E-state index contributed by atoms with van der Waals surface area (Å²) in [5.74, 6) is -0.515. The molecule has 3 rings (SSSR count). The molecule has 166 valence electrons. The number of esters is 1. The minimum absolute atomic E-state index is 0.0594. The molecule has 0 saturated carbocycles. The zero-order valence-corrected chi connectivity index (χ0v) is 18.9. The van der Waals surface area contributed by atoms with E-state index in [1.54, 1.807) is 18.9 Å². The molecule has 2 heterocycles. The number of methoxy groups -OCH3 is 1. The molecular formula is C23H28N2O5S. The van der Waals surface area contributed by atoms with Gasteiger partial charge in [-0.3, -0.25) is 14.4 Å². The van der Waals surface area contributed by atoms with Crippen LogP contribution in [0.3, 0.4) is 0 Å². The number of hydrogen-bond donors (Lipinski definition) is 0. The van der Waals surface area contributed by atoms with Crippen molar-refractivity contribution in [3.63, 3.8) is 0 Å². The predicted molar refractivity (Wildman–Crippen MR) is 119 cm³/mol. The largest absolute Gasteiger partial charge is 0.495 e. The zero-order chi connectivity index (χ0) is 22.4. The quantitative estimate of drug-likeness (QED) is 0.613. The summed E-state index contributed by atoms with van der Waals surface area (Å²) < 4.78 is 10.5. The van der Waals surface area contributed by atoms with Gasteiger partial charge in [0.2, 0.25) is 5.91 Å². The van der Waals surface area contributed by atoms with Gasteiger partial charge in [-0.1, -0.05) is 30.3 Å². The van der Waals surface area contributed by atoms with Gasteiger partial charge in [0.1, 0.15) is 10.6 Å². The van der Waals surface area contributed by atoms with Gasteiger partial charge < -0.3 is 19.3 Å². The number of carbonyl (C=O) groups excluding carboxylic acids is 3. The van der Waals surface area contributed by atoms with Crippen molar-refractivity contribution in [2.24, 2.45) is 5.92 Å². The lowest BCUT2D eigenvalue weighted by Gasteiger charge is -2.32. The van der Waals surface area contributed by atoms with Crippen LogP contribution < -0.4 is 4.74 Å². The van der Waals surface area contributed by atoms with Crippen LogP contribution >= 0.6 is 11.3 Å². The Labute approximate surface area is 186 Å². The van der Waals surface area contributed by atoms with Crippen molar-refractivity contribution in [2.75, 3.05) is 40.4 Å². The van der Waals surface area contributed by atoms with Crippen LogP contribution in [-0.4, -0.2) is 68.0 Å². The van der Waals surface area contributed by atoms with Crippen LogP contribution in [0.25, 0.3) is 10.4 Å². The molecule has 1 aromatic heterocycles. The Morgan fingerprint density at radius 1 is 1.23 bits per heavy atom. The first-order valence-electron chi connectivity index (χ1n) is 10.4. The fourth-order valence-electron chi connectivity index (χ4n) is 3.62. The van der Waals surface area contributed by atoms with E-state index in [-0.39, 0.29) is 30.2 Å². The number of piperidine rings is 1. The molecule has 1 aliphatic rings. The minimum atomic E-state index is -0.301. The predicted octanol–water partition coefficient (Wildman–Crippen LogP) is 3.30.